The van der Waals surface area contributed by atoms with Crippen molar-refractivity contribution in [3.63, 3.8) is 0 Å². The standard InChI is InChI=1S/C30H29NO8/c1-12(2)18-11-19(15-6-4-14(5-7-15)13(3)32)25(34)23-20(18)9-16-8-17-10-21(33)24(29(31)38)28(37)30(17,39)27(36)22(16)26(23)35/h4-7,11-12,16-17,34-35,37,39H,8-10H2,1-3H3,(H2,31,38)/t16-,17+,30+/m1/s1. The number of aliphatic hydroxyl groups is 3. The first-order valence-electron chi connectivity index (χ1n) is 12.8. The van der Waals surface area contributed by atoms with Crippen LogP contribution in [0, 0.1) is 11.8 Å². The molecule has 1 fully saturated rings. The van der Waals surface area contributed by atoms with E-state index in [1.807, 2.05) is 19.9 Å². The number of aliphatic hydroxyl groups excluding tert-OH is 2. The number of ketones is 3. The van der Waals surface area contributed by atoms with Crippen LogP contribution in [0.4, 0.5) is 0 Å². The predicted octanol–water partition coefficient (Wildman–Crippen LogP) is 3.42. The van der Waals surface area contributed by atoms with E-state index in [1.165, 1.54) is 6.92 Å². The summed E-state index contributed by atoms with van der Waals surface area (Å²) in [7, 11) is 0. The monoisotopic (exact) mass is 531 g/mol. The van der Waals surface area contributed by atoms with E-state index in [4.69, 9.17) is 5.73 Å². The highest BCUT2D eigenvalue weighted by molar-refractivity contribution is 6.22. The molecule has 2 aromatic carbocycles. The molecule has 202 valence electrons. The molecule has 2 aromatic rings. The van der Waals surface area contributed by atoms with Crippen LogP contribution >= 0.6 is 0 Å². The van der Waals surface area contributed by atoms with Crippen LogP contribution in [0.15, 0.2) is 47.2 Å². The molecule has 0 aromatic heterocycles. The number of nitrogens with two attached hydrogens (primary N) is 1. The molecule has 3 aliphatic carbocycles. The Bertz CT molecular complexity index is 1550. The largest absolute Gasteiger partial charge is 0.508 e. The molecule has 9 heteroatoms. The lowest BCUT2D eigenvalue weighted by Crippen LogP contribution is -2.58. The second-order valence-electron chi connectivity index (χ2n) is 10.9. The van der Waals surface area contributed by atoms with Crippen LogP contribution in [0.2, 0.25) is 0 Å². The fourth-order valence-corrected chi connectivity index (χ4v) is 6.34. The zero-order valence-corrected chi connectivity index (χ0v) is 21.7. The Balaban J connectivity index is 1.73. The fraction of sp³-hybridized carbons (Fsp3) is 0.333. The summed E-state index contributed by atoms with van der Waals surface area (Å²) >= 11 is 0. The number of hydrogen-bond acceptors (Lipinski definition) is 8. The number of benzene rings is 2. The summed E-state index contributed by atoms with van der Waals surface area (Å²) < 4.78 is 0. The Morgan fingerprint density at radius 3 is 2.26 bits per heavy atom. The zero-order valence-electron chi connectivity index (χ0n) is 21.7. The van der Waals surface area contributed by atoms with Crippen molar-refractivity contribution in [2.75, 3.05) is 0 Å². The summed E-state index contributed by atoms with van der Waals surface area (Å²) in [4.78, 5) is 49.9. The lowest BCUT2D eigenvalue weighted by atomic mass is 9.59. The van der Waals surface area contributed by atoms with Crippen LogP contribution < -0.4 is 5.73 Å². The molecule has 3 atom stereocenters. The molecule has 0 radical (unpaired) electrons. The molecule has 6 N–H and O–H groups in total. The third kappa shape index (κ3) is 3.71. The number of fused-ring (bicyclic) bond motifs is 3. The fourth-order valence-electron chi connectivity index (χ4n) is 6.34. The van der Waals surface area contributed by atoms with Crippen molar-refractivity contribution in [2.24, 2.45) is 17.6 Å². The topological polar surface area (TPSA) is 175 Å². The quantitative estimate of drug-likeness (QED) is 0.294. The minimum atomic E-state index is -2.60. The molecule has 0 unspecified atom stereocenters. The molecule has 0 saturated heterocycles. The minimum absolute atomic E-state index is 0.0264. The zero-order chi connectivity index (χ0) is 28.5. The van der Waals surface area contributed by atoms with Crippen LogP contribution in [0.5, 0.6) is 5.75 Å². The Labute approximate surface area is 224 Å². The van der Waals surface area contributed by atoms with Crippen molar-refractivity contribution in [1.29, 1.82) is 0 Å². The van der Waals surface area contributed by atoms with Crippen molar-refractivity contribution in [3.05, 3.63) is 69.5 Å². The molecule has 39 heavy (non-hydrogen) atoms. The third-order valence-corrected chi connectivity index (χ3v) is 8.32. The number of aromatic hydroxyl groups is 1. The predicted molar refractivity (Wildman–Crippen MR) is 141 cm³/mol. The minimum Gasteiger partial charge on any atom is -0.508 e. The lowest BCUT2D eigenvalue weighted by molar-refractivity contribution is -0.147. The van der Waals surface area contributed by atoms with E-state index in [1.54, 1.807) is 24.3 Å². The van der Waals surface area contributed by atoms with Gasteiger partial charge in [-0.3, -0.25) is 19.2 Å². The van der Waals surface area contributed by atoms with E-state index in [9.17, 15) is 39.6 Å². The van der Waals surface area contributed by atoms with E-state index in [-0.39, 0.29) is 47.8 Å². The lowest BCUT2D eigenvalue weighted by Gasteiger charge is -2.46. The average Bonchev–Trinajstić information content (AvgIpc) is 2.86. The van der Waals surface area contributed by atoms with E-state index in [0.717, 1.165) is 5.56 Å². The summed E-state index contributed by atoms with van der Waals surface area (Å²) in [6, 6.07) is 8.47. The molecule has 1 saturated carbocycles. The summed E-state index contributed by atoms with van der Waals surface area (Å²) in [6.45, 7) is 5.37. The Morgan fingerprint density at radius 1 is 1.05 bits per heavy atom. The van der Waals surface area contributed by atoms with Gasteiger partial charge in [0, 0.05) is 29.0 Å². The molecule has 1 amide bonds. The van der Waals surface area contributed by atoms with Crippen LogP contribution in [0.25, 0.3) is 16.9 Å². The molecule has 0 aliphatic heterocycles. The highest BCUT2D eigenvalue weighted by Gasteiger charge is 2.60. The number of phenolic OH excluding ortho intramolecular Hbond substituents is 1. The second kappa shape index (κ2) is 8.91. The van der Waals surface area contributed by atoms with Gasteiger partial charge >= 0.3 is 0 Å². The highest BCUT2D eigenvalue weighted by atomic mass is 16.3. The van der Waals surface area contributed by atoms with Crippen molar-refractivity contribution in [1.82, 2.24) is 0 Å². The van der Waals surface area contributed by atoms with Crippen LogP contribution in [0.1, 0.15) is 66.6 Å². The van der Waals surface area contributed by atoms with E-state index >= 15 is 0 Å². The van der Waals surface area contributed by atoms with E-state index in [0.29, 0.717) is 22.3 Å². The van der Waals surface area contributed by atoms with Crippen LogP contribution in [-0.4, -0.2) is 49.3 Å². The van der Waals surface area contributed by atoms with Gasteiger partial charge in [0.15, 0.2) is 17.2 Å². The van der Waals surface area contributed by atoms with Gasteiger partial charge < -0.3 is 26.2 Å². The van der Waals surface area contributed by atoms with Gasteiger partial charge in [-0.2, -0.15) is 0 Å². The number of rotatable bonds is 4. The van der Waals surface area contributed by atoms with Crippen molar-refractivity contribution in [2.45, 2.75) is 51.6 Å². The van der Waals surface area contributed by atoms with Gasteiger partial charge in [0.25, 0.3) is 5.91 Å². The molecular formula is C30H29NO8. The summed E-state index contributed by atoms with van der Waals surface area (Å²) in [5, 5.41) is 45.1. The summed E-state index contributed by atoms with van der Waals surface area (Å²) in [5.41, 5.74) is 4.66. The molecule has 3 aliphatic rings. The highest BCUT2D eigenvalue weighted by Crippen LogP contribution is 2.54. The maximum Gasteiger partial charge on any atom is 0.255 e. The SMILES string of the molecule is CC(=O)c1ccc(-c2cc(C(C)C)c3c(c2O)C(O)=C2C(=O)[C@]4(O)C(O)=C(C(N)=O)C(=O)C[C@@H]4C[C@@H]2C3)cc1. The molecular weight excluding hydrogens is 502 g/mol. The maximum absolute atomic E-state index is 13.8. The number of amides is 1. The van der Waals surface area contributed by atoms with Crippen molar-refractivity contribution in [3.8, 4) is 16.9 Å². The smallest absolute Gasteiger partial charge is 0.255 e. The maximum atomic E-state index is 13.8. The summed E-state index contributed by atoms with van der Waals surface area (Å²) in [6.07, 6.45) is -0.0338. The van der Waals surface area contributed by atoms with Gasteiger partial charge in [-0.1, -0.05) is 38.1 Å². The molecule has 0 bridgehead atoms. The molecule has 0 spiro atoms. The summed E-state index contributed by atoms with van der Waals surface area (Å²) in [5.74, 6) is -6.68. The third-order valence-electron chi connectivity index (χ3n) is 8.32. The number of carbonyl (C=O) groups excluding carboxylic acids is 4. The first-order chi connectivity index (χ1) is 18.3. The van der Waals surface area contributed by atoms with Gasteiger partial charge in [-0.25, -0.2) is 0 Å². The first kappa shape index (κ1) is 26.4. The van der Waals surface area contributed by atoms with Crippen LogP contribution in [-0.2, 0) is 20.8 Å². The molecule has 5 rings (SSSR count). The van der Waals surface area contributed by atoms with Crippen molar-refractivity contribution < 1.29 is 39.6 Å². The van der Waals surface area contributed by atoms with Gasteiger partial charge in [-0.15, -0.1) is 0 Å². The average molecular weight is 532 g/mol. The van der Waals surface area contributed by atoms with Crippen molar-refractivity contribution >= 4 is 29.0 Å². The number of carbonyl (C=O) groups is 4. The number of primary amides is 1. The first-order valence-corrected chi connectivity index (χ1v) is 12.8. The van der Waals surface area contributed by atoms with E-state index in [2.05, 4.69) is 0 Å². The van der Waals surface area contributed by atoms with Gasteiger partial charge in [0.2, 0.25) is 5.78 Å². The van der Waals surface area contributed by atoms with Gasteiger partial charge in [0.05, 0.1) is 5.56 Å². The van der Waals surface area contributed by atoms with Crippen LogP contribution in [0.3, 0.4) is 0 Å². The Kier molecular flexibility index (Phi) is 6.03. The van der Waals surface area contributed by atoms with E-state index < -0.39 is 52.0 Å². The van der Waals surface area contributed by atoms with Gasteiger partial charge in [-0.05, 0) is 54.4 Å². The Hall–Kier alpha value is -4.24. The normalized spacial score (nSPS) is 24.4. The van der Waals surface area contributed by atoms with Gasteiger partial charge in [0.1, 0.15) is 22.8 Å². The Morgan fingerprint density at radius 2 is 1.69 bits per heavy atom. The second-order valence-corrected chi connectivity index (χ2v) is 10.9. The number of Topliss-reactive ketones (excluding diaryl/α,β-unsaturated/α-hetero) is 3. The number of phenols is 1. The number of hydrogen-bond donors (Lipinski definition) is 5. The molecule has 9 nitrogen and oxygen atoms in total. The molecule has 0 heterocycles.